The fourth-order valence-electron chi connectivity index (χ4n) is 5.03. The van der Waals surface area contributed by atoms with Gasteiger partial charge in [0.1, 0.15) is 0 Å². The van der Waals surface area contributed by atoms with E-state index in [9.17, 15) is 22.4 Å². The zero-order valence-corrected chi connectivity index (χ0v) is 16.9. The lowest BCUT2D eigenvalue weighted by Crippen LogP contribution is -2.38. The predicted octanol–water partition coefficient (Wildman–Crippen LogP) is 6.64. The molecule has 0 unspecified atom stereocenters. The molecule has 1 N–H and O–H groups in total. The highest BCUT2D eigenvalue weighted by atomic mass is 79.9. The molecule has 2 aliphatic rings. The molecule has 0 amide bonds. The van der Waals surface area contributed by atoms with Gasteiger partial charge in [0.15, 0.2) is 5.43 Å². The number of halogens is 5. The second-order valence-electron chi connectivity index (χ2n) is 8.31. The van der Waals surface area contributed by atoms with Crippen LogP contribution in [0.25, 0.3) is 10.9 Å². The molecule has 0 bridgehead atoms. The van der Waals surface area contributed by atoms with Crippen molar-refractivity contribution in [3.05, 3.63) is 44.7 Å². The highest BCUT2D eigenvalue weighted by Crippen LogP contribution is 2.51. The standard InChI is InChI=1S/C21H22BrF4NO/c22-15-2-1-3-16-19(15)18(28)10-17(27-16)14-11-21(25,26)9-6-13(14)12-4-7-20(23,24)8-5-12/h1-3,10,12-14H,4-9,11H2,(H,27,28)/t13-,14+/m0/s1. The molecule has 7 heteroatoms. The average molecular weight is 460 g/mol. The van der Waals surface area contributed by atoms with Gasteiger partial charge in [0.2, 0.25) is 11.8 Å². The third-order valence-electron chi connectivity index (χ3n) is 6.47. The summed E-state index contributed by atoms with van der Waals surface area (Å²) in [6.07, 6.45) is 0.0695. The van der Waals surface area contributed by atoms with Gasteiger partial charge >= 0.3 is 0 Å². The summed E-state index contributed by atoms with van der Waals surface area (Å²) in [5.74, 6) is -6.10. The molecule has 0 aliphatic heterocycles. The smallest absolute Gasteiger partial charge is 0.248 e. The number of fused-ring (bicyclic) bond motifs is 1. The highest BCUT2D eigenvalue weighted by molar-refractivity contribution is 9.10. The van der Waals surface area contributed by atoms with Crippen LogP contribution in [-0.2, 0) is 0 Å². The molecule has 1 heterocycles. The lowest BCUT2D eigenvalue weighted by molar-refractivity contribution is -0.0840. The van der Waals surface area contributed by atoms with Gasteiger partial charge in [-0.1, -0.05) is 6.07 Å². The maximum atomic E-state index is 14.3. The van der Waals surface area contributed by atoms with E-state index in [1.54, 1.807) is 18.2 Å². The lowest BCUT2D eigenvalue weighted by Gasteiger charge is -2.42. The predicted molar refractivity (Wildman–Crippen MR) is 104 cm³/mol. The molecule has 0 saturated heterocycles. The fraction of sp³-hybridized carbons (Fsp3) is 0.571. The van der Waals surface area contributed by atoms with Crippen molar-refractivity contribution in [3.63, 3.8) is 0 Å². The van der Waals surface area contributed by atoms with Crippen molar-refractivity contribution in [2.45, 2.75) is 62.7 Å². The topological polar surface area (TPSA) is 32.9 Å². The lowest BCUT2D eigenvalue weighted by atomic mass is 9.65. The van der Waals surface area contributed by atoms with E-state index in [2.05, 4.69) is 20.9 Å². The summed E-state index contributed by atoms with van der Waals surface area (Å²) in [4.78, 5) is 15.8. The Bertz CT molecular complexity index is 932. The van der Waals surface area contributed by atoms with E-state index in [4.69, 9.17) is 0 Å². The molecular formula is C21H22BrF4NO. The molecule has 0 radical (unpaired) electrons. The molecule has 2 saturated carbocycles. The maximum Gasteiger partial charge on any atom is 0.248 e. The van der Waals surface area contributed by atoms with Gasteiger partial charge in [0.05, 0.1) is 10.9 Å². The first kappa shape index (κ1) is 19.9. The summed E-state index contributed by atoms with van der Waals surface area (Å²) < 4.78 is 56.3. The van der Waals surface area contributed by atoms with Gasteiger partial charge in [-0.15, -0.1) is 0 Å². The number of H-pyrrole nitrogens is 1. The molecule has 28 heavy (non-hydrogen) atoms. The van der Waals surface area contributed by atoms with Crippen LogP contribution in [0.2, 0.25) is 0 Å². The number of hydrogen-bond donors (Lipinski definition) is 1. The molecule has 152 valence electrons. The number of pyridine rings is 1. The van der Waals surface area contributed by atoms with Gasteiger partial charge in [-0.3, -0.25) is 4.79 Å². The molecule has 2 aliphatic carbocycles. The van der Waals surface area contributed by atoms with Crippen LogP contribution in [0.3, 0.4) is 0 Å². The van der Waals surface area contributed by atoms with Gasteiger partial charge in [-0.2, -0.15) is 0 Å². The molecule has 2 nitrogen and oxygen atoms in total. The number of alkyl halides is 4. The van der Waals surface area contributed by atoms with Crippen LogP contribution >= 0.6 is 15.9 Å². The van der Waals surface area contributed by atoms with Crippen LogP contribution in [0, 0.1) is 11.8 Å². The third kappa shape index (κ3) is 3.87. The normalized spacial score (nSPS) is 27.8. The summed E-state index contributed by atoms with van der Waals surface area (Å²) >= 11 is 3.36. The van der Waals surface area contributed by atoms with E-state index < -0.39 is 17.8 Å². The second-order valence-corrected chi connectivity index (χ2v) is 9.17. The number of aromatic amines is 1. The van der Waals surface area contributed by atoms with Crippen molar-refractivity contribution in [3.8, 4) is 0 Å². The van der Waals surface area contributed by atoms with E-state index in [-0.39, 0.29) is 42.9 Å². The first-order valence-corrected chi connectivity index (χ1v) is 10.5. The zero-order valence-electron chi connectivity index (χ0n) is 15.3. The van der Waals surface area contributed by atoms with Crippen molar-refractivity contribution < 1.29 is 17.6 Å². The van der Waals surface area contributed by atoms with E-state index in [1.165, 1.54) is 6.07 Å². The Morgan fingerprint density at radius 1 is 1.00 bits per heavy atom. The number of rotatable bonds is 2. The minimum Gasteiger partial charge on any atom is -0.358 e. The number of hydrogen-bond acceptors (Lipinski definition) is 1. The molecule has 2 atom stereocenters. The minimum atomic E-state index is -2.80. The number of benzene rings is 1. The van der Waals surface area contributed by atoms with Crippen molar-refractivity contribution >= 4 is 26.8 Å². The van der Waals surface area contributed by atoms with E-state index >= 15 is 0 Å². The summed E-state index contributed by atoms with van der Waals surface area (Å²) in [7, 11) is 0. The molecule has 4 rings (SSSR count). The first-order valence-electron chi connectivity index (χ1n) is 9.72. The highest BCUT2D eigenvalue weighted by Gasteiger charge is 2.47. The zero-order chi connectivity index (χ0) is 20.1. The van der Waals surface area contributed by atoms with Gasteiger partial charge < -0.3 is 4.98 Å². The Kier molecular flexibility index (Phi) is 5.09. The number of aromatic nitrogens is 1. The first-order chi connectivity index (χ1) is 13.2. The van der Waals surface area contributed by atoms with Crippen LogP contribution in [-0.4, -0.2) is 16.8 Å². The van der Waals surface area contributed by atoms with Crippen molar-refractivity contribution in [1.82, 2.24) is 4.98 Å². The third-order valence-corrected chi connectivity index (χ3v) is 7.13. The van der Waals surface area contributed by atoms with Gasteiger partial charge in [0.25, 0.3) is 0 Å². The Balaban J connectivity index is 1.71. The number of nitrogens with one attached hydrogen (secondary N) is 1. The Hall–Kier alpha value is -1.37. The molecule has 2 aromatic rings. The Morgan fingerprint density at radius 3 is 2.39 bits per heavy atom. The van der Waals surface area contributed by atoms with Crippen LogP contribution in [0.5, 0.6) is 0 Å². The van der Waals surface area contributed by atoms with Crippen molar-refractivity contribution in [2.24, 2.45) is 11.8 Å². The molecule has 2 fully saturated rings. The summed E-state index contributed by atoms with van der Waals surface area (Å²) in [6, 6.07) is 6.71. The summed E-state index contributed by atoms with van der Waals surface area (Å²) in [5.41, 5.74) is 0.871. The minimum absolute atomic E-state index is 0.0116. The van der Waals surface area contributed by atoms with E-state index in [0.29, 0.717) is 40.3 Å². The maximum absolute atomic E-state index is 14.3. The van der Waals surface area contributed by atoms with Crippen molar-refractivity contribution in [2.75, 3.05) is 0 Å². The molecule has 1 aromatic carbocycles. The van der Waals surface area contributed by atoms with Crippen molar-refractivity contribution in [1.29, 1.82) is 0 Å². The Labute approximate surface area is 168 Å². The molecule has 0 spiro atoms. The van der Waals surface area contributed by atoms with Crippen LogP contribution in [0.1, 0.15) is 56.6 Å². The summed E-state index contributed by atoms with van der Waals surface area (Å²) in [5, 5.41) is 0.489. The van der Waals surface area contributed by atoms with E-state index in [0.717, 1.165) is 0 Å². The van der Waals surface area contributed by atoms with E-state index in [1.807, 2.05) is 0 Å². The molecular weight excluding hydrogens is 438 g/mol. The SMILES string of the molecule is O=c1cc([C@@H]2CC(F)(F)CC[C@H]2C2CCC(F)(F)CC2)[nH]c2cccc(Br)c12. The largest absolute Gasteiger partial charge is 0.358 e. The van der Waals surface area contributed by atoms with Crippen LogP contribution < -0.4 is 5.43 Å². The van der Waals surface area contributed by atoms with Gasteiger partial charge in [-0.05, 0) is 59.2 Å². The second kappa shape index (κ2) is 7.15. The van der Waals surface area contributed by atoms with Crippen LogP contribution in [0.4, 0.5) is 17.6 Å². The van der Waals surface area contributed by atoms with Gasteiger partial charge in [0, 0.05) is 47.8 Å². The fourth-order valence-corrected chi connectivity index (χ4v) is 5.59. The van der Waals surface area contributed by atoms with Gasteiger partial charge in [-0.25, -0.2) is 17.6 Å². The quantitative estimate of drug-likeness (QED) is 0.501. The summed E-state index contributed by atoms with van der Waals surface area (Å²) in [6.45, 7) is 0. The molecule has 1 aromatic heterocycles. The van der Waals surface area contributed by atoms with Crippen LogP contribution in [0.15, 0.2) is 33.5 Å². The Morgan fingerprint density at radius 2 is 1.68 bits per heavy atom. The monoisotopic (exact) mass is 459 g/mol. The average Bonchev–Trinajstić information content (AvgIpc) is 2.61.